The first kappa shape index (κ1) is 5.86. The van der Waals surface area contributed by atoms with Crippen LogP contribution in [0.25, 0.3) is 0 Å². The number of hydrogen-bond donors (Lipinski definition) is 0. The number of fused-ring (bicyclic) bond motifs is 1. The summed E-state index contributed by atoms with van der Waals surface area (Å²) in [4.78, 5) is 11.0. The molecule has 0 radical (unpaired) electrons. The third-order valence-electron chi connectivity index (χ3n) is 2.08. The summed E-state index contributed by atoms with van der Waals surface area (Å²) >= 11 is 0. The Labute approximate surface area is 75.8 Å². The van der Waals surface area contributed by atoms with Crippen molar-refractivity contribution in [3.8, 4) is 0 Å². The molecule has 0 aromatic rings. The summed E-state index contributed by atoms with van der Waals surface area (Å²) in [6.45, 7) is -2.38. The molecule has 1 aliphatic carbocycles. The minimum absolute atomic E-state index is 0.189. The van der Waals surface area contributed by atoms with Crippen LogP contribution in [-0.4, -0.2) is 12.6 Å². The fraction of sp³-hybridized carbons (Fsp3) is 1.00. The maximum Gasteiger partial charge on any atom is 0.439 e. The van der Waals surface area contributed by atoms with Crippen LogP contribution in [0.1, 0.15) is 29.8 Å². The molecule has 0 aromatic carbocycles. The lowest BCUT2D eigenvalue weighted by Gasteiger charge is -2.36. The highest BCUT2D eigenvalue weighted by molar-refractivity contribution is 7.53. The molecule has 1 unspecified atom stereocenters. The molecule has 0 spiro atoms. The first-order valence-corrected chi connectivity index (χ1v) is 5.40. The van der Waals surface area contributed by atoms with Gasteiger partial charge >= 0.3 is 8.25 Å². The van der Waals surface area contributed by atoms with Crippen molar-refractivity contribution in [2.75, 3.05) is 6.56 Å². The predicted octanol–water partition coefficient (Wildman–Crippen LogP) is 1.60. The summed E-state index contributed by atoms with van der Waals surface area (Å²) in [7, 11) is -4.93. The second kappa shape index (κ2) is 3.18. The van der Waals surface area contributed by atoms with Crippen molar-refractivity contribution in [1.29, 1.82) is 0 Å². The van der Waals surface area contributed by atoms with E-state index in [1.165, 1.54) is 0 Å². The second-order valence-corrected chi connectivity index (χ2v) is 4.22. The van der Waals surface area contributed by atoms with Gasteiger partial charge in [-0.1, -0.05) is 12.8 Å². The van der Waals surface area contributed by atoms with E-state index in [1.807, 2.05) is 0 Å². The first-order chi connectivity index (χ1) is 6.75. The molecule has 1 heterocycles. The Hall–Kier alpha value is 0.240. The van der Waals surface area contributed by atoms with Gasteiger partial charge in [0.25, 0.3) is 0 Å². The maximum absolute atomic E-state index is 13.1. The topological polar surface area (TPSA) is 41.5 Å². The standard InChI is InChI=1S/C7H12FO3P/c8-12(9)10-5-6-3-1-2-4-7(6)11-12/h6-7H,1-5H2/t6-,7-,12?/m0/s1/i5D2,7D. The average Bonchev–Trinajstić information content (AvgIpc) is 1.97. The third-order valence-corrected chi connectivity index (χ3v) is 2.86. The Bertz CT molecular complexity index is 278. The molecule has 3 nitrogen and oxygen atoms in total. The van der Waals surface area contributed by atoms with E-state index in [-0.39, 0.29) is 6.42 Å². The van der Waals surface area contributed by atoms with Gasteiger partial charge in [0.1, 0.15) is 12.6 Å². The van der Waals surface area contributed by atoms with Gasteiger partial charge in [-0.15, -0.1) is 0 Å². The molecule has 3 atom stereocenters. The summed E-state index contributed by atoms with van der Waals surface area (Å²) in [6, 6.07) is 0. The minimum Gasteiger partial charge on any atom is -0.601 e. The quantitative estimate of drug-likeness (QED) is 0.554. The van der Waals surface area contributed by atoms with Crippen molar-refractivity contribution in [2.24, 2.45) is 5.92 Å². The molecule has 5 heteroatoms. The second-order valence-electron chi connectivity index (χ2n) is 3.00. The zero-order valence-corrected chi connectivity index (χ0v) is 7.35. The Kier molecular flexibility index (Phi) is 1.56. The fourth-order valence-electron chi connectivity index (χ4n) is 1.50. The lowest BCUT2D eigenvalue weighted by Crippen LogP contribution is -2.37. The van der Waals surface area contributed by atoms with E-state index in [0.29, 0.717) is 12.8 Å². The van der Waals surface area contributed by atoms with Crippen molar-refractivity contribution in [1.82, 2.24) is 0 Å². The molecule has 0 bridgehead atoms. The van der Waals surface area contributed by atoms with E-state index < -0.39 is 26.8 Å². The van der Waals surface area contributed by atoms with Crippen molar-refractivity contribution in [3.63, 3.8) is 0 Å². The van der Waals surface area contributed by atoms with Crippen molar-refractivity contribution in [3.05, 3.63) is 0 Å². The molecule has 70 valence electrons. The number of rotatable bonds is 0. The first-order valence-electron chi connectivity index (χ1n) is 5.46. The van der Waals surface area contributed by atoms with Gasteiger partial charge in [0.2, 0.25) is 0 Å². The molecule has 1 saturated heterocycles. The summed E-state index contributed by atoms with van der Waals surface area (Å²) < 4.78 is 44.6. The Morgan fingerprint density at radius 3 is 3.17 bits per heavy atom. The monoisotopic (exact) mass is 197 g/mol. The van der Waals surface area contributed by atoms with Gasteiger partial charge < -0.3 is 4.89 Å². The molecular weight excluding hydrogens is 182 g/mol. The van der Waals surface area contributed by atoms with Gasteiger partial charge in [-0.25, -0.2) is 0 Å². The van der Waals surface area contributed by atoms with Crippen LogP contribution in [0.3, 0.4) is 0 Å². The van der Waals surface area contributed by atoms with E-state index in [9.17, 15) is 9.09 Å². The molecular formula is C7H12FO3P. The fourth-order valence-corrected chi connectivity index (χ4v) is 2.29. The molecule has 1 aliphatic heterocycles. The van der Waals surface area contributed by atoms with Crippen molar-refractivity contribution < 1.29 is 22.3 Å². The van der Waals surface area contributed by atoms with E-state index in [0.717, 1.165) is 6.42 Å². The van der Waals surface area contributed by atoms with Crippen LogP contribution in [0.15, 0.2) is 0 Å². The number of hydrogen-bond acceptors (Lipinski definition) is 3. The Morgan fingerprint density at radius 1 is 1.58 bits per heavy atom. The lowest BCUT2D eigenvalue weighted by atomic mass is 9.87. The molecule has 2 aliphatic rings. The molecule has 0 N–H and O–H groups in total. The van der Waals surface area contributed by atoms with Gasteiger partial charge in [0.05, 0.1) is 4.11 Å². The van der Waals surface area contributed by atoms with Crippen LogP contribution in [0.5, 0.6) is 0 Å². The SMILES string of the molecule is [2H]C1([2H])O[P+]([O-])(F)O[C@@]2([2H])CCCC[C@@H]12. The van der Waals surface area contributed by atoms with Crippen molar-refractivity contribution >= 4 is 8.25 Å². The largest absolute Gasteiger partial charge is 0.601 e. The zero-order chi connectivity index (χ0) is 11.3. The molecule has 2 fully saturated rings. The third kappa shape index (κ3) is 1.77. The average molecular weight is 197 g/mol. The van der Waals surface area contributed by atoms with Crippen LogP contribution in [-0.2, 0) is 9.05 Å². The summed E-state index contributed by atoms with van der Waals surface area (Å²) in [5.41, 5.74) is 0. The van der Waals surface area contributed by atoms with Crippen molar-refractivity contribution in [2.45, 2.75) is 31.8 Å². The van der Waals surface area contributed by atoms with Gasteiger partial charge in [-0.2, -0.15) is 9.05 Å². The molecule has 12 heavy (non-hydrogen) atoms. The van der Waals surface area contributed by atoms with E-state index in [2.05, 4.69) is 9.05 Å². The van der Waals surface area contributed by atoms with E-state index >= 15 is 0 Å². The zero-order valence-electron chi connectivity index (χ0n) is 9.46. The van der Waals surface area contributed by atoms with Crippen LogP contribution in [0, 0.1) is 5.92 Å². The summed E-state index contributed by atoms with van der Waals surface area (Å²) in [5.74, 6) is -0.878. The van der Waals surface area contributed by atoms with E-state index in [4.69, 9.17) is 4.11 Å². The van der Waals surface area contributed by atoms with Crippen LogP contribution in [0.2, 0.25) is 0 Å². The smallest absolute Gasteiger partial charge is 0.439 e. The Balaban J connectivity index is 2.30. The molecule has 0 aromatic heterocycles. The van der Waals surface area contributed by atoms with Gasteiger partial charge in [0.15, 0.2) is 0 Å². The molecule has 2 rings (SSSR count). The minimum atomic E-state index is -4.93. The van der Waals surface area contributed by atoms with Gasteiger partial charge in [-0.3, -0.25) is 0 Å². The van der Waals surface area contributed by atoms with Crippen LogP contribution in [0.4, 0.5) is 4.20 Å². The highest BCUT2D eigenvalue weighted by Crippen LogP contribution is 2.60. The maximum atomic E-state index is 13.1. The molecule has 0 amide bonds. The highest BCUT2D eigenvalue weighted by atomic mass is 31.3. The predicted molar refractivity (Wildman–Crippen MR) is 40.8 cm³/mol. The normalized spacial score (nSPS) is 62.5. The van der Waals surface area contributed by atoms with Gasteiger partial charge in [-0.05, 0) is 12.8 Å². The number of halogens is 1. The summed E-state index contributed by atoms with van der Waals surface area (Å²) in [5, 5.41) is 0. The van der Waals surface area contributed by atoms with Crippen LogP contribution >= 0.6 is 8.25 Å². The van der Waals surface area contributed by atoms with Gasteiger partial charge in [0, 0.05) is 10.1 Å². The highest BCUT2D eigenvalue weighted by Gasteiger charge is 2.45. The lowest BCUT2D eigenvalue weighted by molar-refractivity contribution is -0.253. The van der Waals surface area contributed by atoms with Crippen LogP contribution < -0.4 is 4.89 Å². The molecule has 1 saturated carbocycles. The summed E-state index contributed by atoms with van der Waals surface area (Å²) in [6.07, 6.45) is 0.222. The van der Waals surface area contributed by atoms with E-state index in [1.54, 1.807) is 0 Å². The Morgan fingerprint density at radius 2 is 2.33 bits per heavy atom.